The molecule has 128 valence electrons. The predicted octanol–water partition coefficient (Wildman–Crippen LogP) is 3.48. The van der Waals surface area contributed by atoms with E-state index in [2.05, 4.69) is 5.32 Å². The van der Waals surface area contributed by atoms with Crippen LogP contribution in [0.15, 0.2) is 51.7 Å². The highest BCUT2D eigenvalue weighted by Crippen LogP contribution is 2.31. The van der Waals surface area contributed by atoms with Gasteiger partial charge in [0.2, 0.25) is 0 Å². The number of phenols is 1. The van der Waals surface area contributed by atoms with E-state index in [0.29, 0.717) is 21.7 Å². The lowest BCUT2D eigenvalue weighted by molar-refractivity contribution is -0.118. The summed E-state index contributed by atoms with van der Waals surface area (Å²) >= 11 is 6.17. The highest BCUT2D eigenvalue weighted by Gasteiger charge is 2.11. The van der Waals surface area contributed by atoms with Gasteiger partial charge >= 0.3 is 5.63 Å². The molecule has 0 saturated heterocycles. The Morgan fingerprint density at radius 3 is 2.68 bits per heavy atom. The van der Waals surface area contributed by atoms with Crippen molar-refractivity contribution in [3.05, 3.63) is 63.5 Å². The molecule has 0 aliphatic carbocycles. The second-order valence-corrected chi connectivity index (χ2v) is 5.82. The summed E-state index contributed by atoms with van der Waals surface area (Å²) in [6.45, 7) is 1.50. The number of amides is 1. The van der Waals surface area contributed by atoms with Gasteiger partial charge in [-0.05, 0) is 42.8 Å². The molecule has 2 N–H and O–H groups in total. The maximum absolute atomic E-state index is 11.9. The number of phenolic OH excluding ortho intramolecular Hbond substituents is 1. The second kappa shape index (κ2) is 6.86. The number of carbonyl (C=O) groups is 1. The number of ether oxygens (including phenoxy) is 1. The Kier molecular flexibility index (Phi) is 4.63. The molecule has 1 aromatic heterocycles. The highest BCUT2D eigenvalue weighted by molar-refractivity contribution is 6.32. The van der Waals surface area contributed by atoms with Gasteiger partial charge in [-0.3, -0.25) is 4.79 Å². The first-order chi connectivity index (χ1) is 11.9. The monoisotopic (exact) mass is 359 g/mol. The summed E-state index contributed by atoms with van der Waals surface area (Å²) in [6.07, 6.45) is 0. The van der Waals surface area contributed by atoms with E-state index in [4.69, 9.17) is 20.8 Å². The molecule has 0 bridgehead atoms. The van der Waals surface area contributed by atoms with E-state index >= 15 is 0 Å². The van der Waals surface area contributed by atoms with Crippen LogP contribution in [0.1, 0.15) is 5.56 Å². The zero-order valence-electron chi connectivity index (χ0n) is 13.2. The number of benzene rings is 2. The Morgan fingerprint density at radius 1 is 1.24 bits per heavy atom. The lowest BCUT2D eigenvalue weighted by atomic mass is 10.1. The van der Waals surface area contributed by atoms with Gasteiger partial charge in [-0.25, -0.2) is 4.79 Å². The minimum atomic E-state index is -0.469. The summed E-state index contributed by atoms with van der Waals surface area (Å²) < 4.78 is 10.6. The number of rotatable bonds is 4. The first-order valence-electron chi connectivity index (χ1n) is 7.38. The molecule has 0 aliphatic heterocycles. The molecular weight excluding hydrogens is 346 g/mol. The smallest absolute Gasteiger partial charge is 0.336 e. The zero-order valence-corrected chi connectivity index (χ0v) is 14.0. The van der Waals surface area contributed by atoms with Crippen molar-refractivity contribution in [3.8, 4) is 11.5 Å². The van der Waals surface area contributed by atoms with Gasteiger partial charge < -0.3 is 19.6 Å². The summed E-state index contributed by atoms with van der Waals surface area (Å²) in [5.41, 5.74) is 1.13. The molecule has 2 aromatic carbocycles. The summed E-state index contributed by atoms with van der Waals surface area (Å²) in [4.78, 5) is 23.4. The normalized spacial score (nSPS) is 10.6. The van der Waals surface area contributed by atoms with Crippen molar-refractivity contribution >= 4 is 34.2 Å². The molecule has 6 nitrogen and oxygen atoms in total. The number of carbonyl (C=O) groups excluding carboxylic acids is 1. The molecule has 25 heavy (non-hydrogen) atoms. The molecule has 0 atom stereocenters. The van der Waals surface area contributed by atoms with Gasteiger partial charge in [0.15, 0.2) is 6.61 Å². The molecule has 0 saturated carbocycles. The Labute approximate surface area is 147 Å². The molecule has 0 radical (unpaired) electrons. The number of anilines is 1. The van der Waals surface area contributed by atoms with Crippen molar-refractivity contribution in [2.75, 3.05) is 11.9 Å². The molecule has 0 aliphatic rings. The molecule has 7 heteroatoms. The van der Waals surface area contributed by atoms with Crippen molar-refractivity contribution in [3.63, 3.8) is 0 Å². The number of nitrogens with one attached hydrogen (secondary N) is 1. The lowest BCUT2D eigenvalue weighted by Crippen LogP contribution is -2.20. The predicted molar refractivity (Wildman–Crippen MR) is 94.5 cm³/mol. The van der Waals surface area contributed by atoms with Crippen molar-refractivity contribution in [2.24, 2.45) is 0 Å². The Bertz CT molecular complexity index is 995. The maximum Gasteiger partial charge on any atom is 0.336 e. The summed E-state index contributed by atoms with van der Waals surface area (Å²) in [5, 5.41) is 12.8. The molecule has 3 aromatic rings. The van der Waals surface area contributed by atoms with Crippen LogP contribution in [0.5, 0.6) is 11.5 Å². The van der Waals surface area contributed by atoms with Crippen LogP contribution in [-0.2, 0) is 4.79 Å². The molecule has 3 rings (SSSR count). The minimum Gasteiger partial charge on any atom is -0.508 e. The molecule has 0 spiro atoms. The van der Waals surface area contributed by atoms with E-state index in [9.17, 15) is 14.7 Å². The van der Waals surface area contributed by atoms with Gasteiger partial charge in [0, 0.05) is 23.2 Å². The highest BCUT2D eigenvalue weighted by atomic mass is 35.5. The average Bonchev–Trinajstić information content (AvgIpc) is 2.56. The third-order valence-corrected chi connectivity index (χ3v) is 3.81. The van der Waals surface area contributed by atoms with Crippen LogP contribution in [0.3, 0.4) is 0 Å². The van der Waals surface area contributed by atoms with Crippen molar-refractivity contribution < 1.29 is 19.1 Å². The minimum absolute atomic E-state index is 0.106. The lowest BCUT2D eigenvalue weighted by Gasteiger charge is -2.10. The number of halogens is 1. The van der Waals surface area contributed by atoms with E-state index in [0.717, 1.165) is 5.56 Å². The number of hydrogen-bond donors (Lipinski definition) is 2. The van der Waals surface area contributed by atoms with E-state index < -0.39 is 11.5 Å². The molecule has 1 amide bonds. The third kappa shape index (κ3) is 3.92. The fourth-order valence-electron chi connectivity index (χ4n) is 2.32. The first kappa shape index (κ1) is 16.9. The van der Waals surface area contributed by atoms with Crippen LogP contribution >= 0.6 is 11.6 Å². The van der Waals surface area contributed by atoms with E-state index in [1.54, 1.807) is 25.1 Å². The molecule has 0 unspecified atom stereocenters. The van der Waals surface area contributed by atoms with E-state index in [-0.39, 0.29) is 18.1 Å². The Hall–Kier alpha value is -2.99. The Balaban J connectivity index is 1.74. The third-order valence-electron chi connectivity index (χ3n) is 3.51. The van der Waals surface area contributed by atoms with Crippen LogP contribution in [0.2, 0.25) is 5.02 Å². The summed E-state index contributed by atoms with van der Waals surface area (Å²) in [6, 6.07) is 10.5. The van der Waals surface area contributed by atoms with Crippen molar-refractivity contribution in [1.29, 1.82) is 0 Å². The van der Waals surface area contributed by atoms with E-state index in [1.165, 1.54) is 24.3 Å². The first-order valence-corrected chi connectivity index (χ1v) is 7.76. The average molecular weight is 360 g/mol. The van der Waals surface area contributed by atoms with Gasteiger partial charge in [-0.2, -0.15) is 0 Å². The summed E-state index contributed by atoms with van der Waals surface area (Å²) in [5.74, 6) is -0.0506. The second-order valence-electron chi connectivity index (χ2n) is 5.41. The molecular formula is C18H14ClNO5. The van der Waals surface area contributed by atoms with Crippen molar-refractivity contribution in [1.82, 2.24) is 0 Å². The quantitative estimate of drug-likeness (QED) is 0.550. The van der Waals surface area contributed by atoms with Crippen LogP contribution in [0.25, 0.3) is 11.0 Å². The van der Waals surface area contributed by atoms with Crippen LogP contribution < -0.4 is 15.7 Å². The zero-order chi connectivity index (χ0) is 18.0. The van der Waals surface area contributed by atoms with Gasteiger partial charge in [0.05, 0.1) is 5.02 Å². The van der Waals surface area contributed by atoms with Gasteiger partial charge in [0.1, 0.15) is 17.1 Å². The number of hydrogen-bond acceptors (Lipinski definition) is 5. The fraction of sp³-hybridized carbons (Fsp3) is 0.111. The van der Waals surface area contributed by atoms with Crippen LogP contribution in [-0.4, -0.2) is 17.6 Å². The topological polar surface area (TPSA) is 88.8 Å². The molecule has 1 heterocycles. The maximum atomic E-state index is 11.9. The van der Waals surface area contributed by atoms with Crippen LogP contribution in [0.4, 0.5) is 5.69 Å². The van der Waals surface area contributed by atoms with Gasteiger partial charge in [-0.1, -0.05) is 11.6 Å². The van der Waals surface area contributed by atoms with Crippen molar-refractivity contribution in [2.45, 2.75) is 6.92 Å². The fourth-order valence-corrected chi connectivity index (χ4v) is 2.53. The SMILES string of the molecule is Cc1cc(=O)oc2cc(OCC(=O)Nc3ccc(O)cc3)c(Cl)cc12. The largest absolute Gasteiger partial charge is 0.508 e. The number of aromatic hydroxyl groups is 1. The van der Waals surface area contributed by atoms with E-state index in [1.807, 2.05) is 0 Å². The standard InChI is InChI=1S/C18H14ClNO5/c1-10-6-18(23)25-15-8-16(14(19)7-13(10)15)24-9-17(22)20-11-2-4-12(21)5-3-11/h2-8,21H,9H2,1H3,(H,20,22). The molecule has 0 fully saturated rings. The number of fused-ring (bicyclic) bond motifs is 1. The Morgan fingerprint density at radius 2 is 1.96 bits per heavy atom. The van der Waals surface area contributed by atoms with Gasteiger partial charge in [-0.15, -0.1) is 0 Å². The van der Waals surface area contributed by atoms with Gasteiger partial charge in [0.25, 0.3) is 5.91 Å². The summed E-state index contributed by atoms with van der Waals surface area (Å²) in [7, 11) is 0. The van der Waals surface area contributed by atoms with Crippen LogP contribution in [0, 0.1) is 6.92 Å². The number of aryl methyl sites for hydroxylation is 1.